The fourth-order valence-corrected chi connectivity index (χ4v) is 3.77. The molecule has 0 unspecified atom stereocenters. The zero-order valence-corrected chi connectivity index (χ0v) is 12.5. The Morgan fingerprint density at radius 2 is 2.10 bits per heavy atom. The molecule has 0 N–H and O–H groups in total. The molecule has 0 saturated heterocycles. The summed E-state index contributed by atoms with van der Waals surface area (Å²) in [6.07, 6.45) is 1.77. The third-order valence-corrected chi connectivity index (χ3v) is 5.26. The highest BCUT2D eigenvalue weighted by Crippen LogP contribution is 2.32. The van der Waals surface area contributed by atoms with Gasteiger partial charge in [-0.15, -0.1) is 0 Å². The second-order valence-electron chi connectivity index (χ2n) is 4.92. The Balaban J connectivity index is 2.32. The van der Waals surface area contributed by atoms with Gasteiger partial charge in [-0.25, -0.2) is 8.42 Å². The van der Waals surface area contributed by atoms with E-state index in [2.05, 4.69) is 0 Å². The van der Waals surface area contributed by atoms with Gasteiger partial charge in [-0.1, -0.05) is 12.1 Å². The van der Waals surface area contributed by atoms with Crippen molar-refractivity contribution in [3.05, 3.63) is 29.8 Å². The zero-order chi connectivity index (χ0) is 14.8. The first-order valence-corrected chi connectivity index (χ1v) is 8.02. The molecule has 0 heterocycles. The number of carbonyl (C=O) groups is 1. The van der Waals surface area contributed by atoms with Crippen LogP contribution in [0.5, 0.6) is 0 Å². The lowest BCUT2D eigenvalue weighted by Crippen LogP contribution is -2.35. The third-order valence-electron chi connectivity index (χ3n) is 3.32. The smallest absolute Gasteiger partial charge is 0.243 e. The van der Waals surface area contributed by atoms with Gasteiger partial charge in [-0.05, 0) is 31.9 Å². The Morgan fingerprint density at radius 3 is 2.65 bits per heavy atom. The molecule has 1 aromatic carbocycles. The first-order chi connectivity index (χ1) is 9.46. The Labute approximate surface area is 119 Å². The standard InChI is InChI=1S/C14H19NO4S/c1-11(16)12-4-3-5-14(10-12)20(17,18)15(8-9-19-2)13-6-7-13/h3-5,10,13H,6-9H2,1-2H3. The average molecular weight is 297 g/mol. The van der Waals surface area contributed by atoms with Crippen molar-refractivity contribution >= 4 is 15.8 Å². The number of benzene rings is 1. The van der Waals surface area contributed by atoms with Crippen LogP contribution >= 0.6 is 0 Å². The normalized spacial score (nSPS) is 15.6. The molecule has 0 amide bonds. The minimum atomic E-state index is -3.56. The Bertz CT molecular complexity index is 593. The van der Waals surface area contributed by atoms with E-state index in [4.69, 9.17) is 4.74 Å². The van der Waals surface area contributed by atoms with Crippen LogP contribution in [0.2, 0.25) is 0 Å². The number of Topliss-reactive ketones (excluding diaryl/α,β-unsaturated/α-hetero) is 1. The predicted molar refractivity (Wildman–Crippen MR) is 75.2 cm³/mol. The Kier molecular flexibility index (Phi) is 4.57. The molecule has 1 aromatic rings. The first kappa shape index (κ1) is 15.2. The molecule has 1 saturated carbocycles. The second-order valence-corrected chi connectivity index (χ2v) is 6.81. The van der Waals surface area contributed by atoms with Crippen LogP contribution in [0.3, 0.4) is 0 Å². The van der Waals surface area contributed by atoms with E-state index in [-0.39, 0.29) is 16.7 Å². The molecule has 0 spiro atoms. The van der Waals surface area contributed by atoms with E-state index in [0.29, 0.717) is 18.7 Å². The van der Waals surface area contributed by atoms with Crippen LogP contribution in [0, 0.1) is 0 Å². The topological polar surface area (TPSA) is 63.7 Å². The summed E-state index contributed by atoms with van der Waals surface area (Å²) in [7, 11) is -2.02. The van der Waals surface area contributed by atoms with Crippen molar-refractivity contribution < 1.29 is 17.9 Å². The van der Waals surface area contributed by atoms with Gasteiger partial charge in [0.15, 0.2) is 5.78 Å². The van der Waals surface area contributed by atoms with Gasteiger partial charge >= 0.3 is 0 Å². The van der Waals surface area contributed by atoms with E-state index in [1.54, 1.807) is 19.2 Å². The van der Waals surface area contributed by atoms with Crippen molar-refractivity contribution in [3.63, 3.8) is 0 Å². The number of ether oxygens (including phenoxy) is 1. The number of hydrogen-bond donors (Lipinski definition) is 0. The number of hydrogen-bond acceptors (Lipinski definition) is 4. The van der Waals surface area contributed by atoms with Gasteiger partial charge in [0, 0.05) is 25.3 Å². The molecule has 1 aliphatic carbocycles. The maximum absolute atomic E-state index is 12.7. The molecule has 0 aromatic heterocycles. The number of ketones is 1. The lowest BCUT2D eigenvalue weighted by Gasteiger charge is -2.21. The molecule has 6 heteroatoms. The highest BCUT2D eigenvalue weighted by Gasteiger charge is 2.37. The van der Waals surface area contributed by atoms with Gasteiger partial charge in [-0.2, -0.15) is 4.31 Å². The average Bonchev–Trinajstić information content (AvgIpc) is 3.23. The molecule has 1 aliphatic rings. The van der Waals surface area contributed by atoms with E-state index < -0.39 is 10.0 Å². The van der Waals surface area contributed by atoms with Gasteiger partial charge in [0.1, 0.15) is 0 Å². The number of nitrogens with zero attached hydrogens (tertiary/aromatic N) is 1. The quantitative estimate of drug-likeness (QED) is 0.718. The zero-order valence-electron chi connectivity index (χ0n) is 11.7. The minimum absolute atomic E-state index is 0.0659. The van der Waals surface area contributed by atoms with E-state index in [1.165, 1.54) is 23.4 Å². The molecule has 2 rings (SSSR count). The third kappa shape index (κ3) is 3.26. The summed E-state index contributed by atoms with van der Waals surface area (Å²) >= 11 is 0. The second kappa shape index (κ2) is 6.03. The molecule has 20 heavy (non-hydrogen) atoms. The number of rotatable bonds is 7. The van der Waals surface area contributed by atoms with Crippen molar-refractivity contribution in [1.82, 2.24) is 4.31 Å². The van der Waals surface area contributed by atoms with Crippen LogP contribution in [0.15, 0.2) is 29.2 Å². The van der Waals surface area contributed by atoms with Crippen molar-refractivity contribution in [2.45, 2.75) is 30.7 Å². The van der Waals surface area contributed by atoms with Crippen molar-refractivity contribution in [2.24, 2.45) is 0 Å². The first-order valence-electron chi connectivity index (χ1n) is 6.58. The van der Waals surface area contributed by atoms with Crippen LogP contribution in [0.25, 0.3) is 0 Å². The van der Waals surface area contributed by atoms with E-state index in [1.807, 2.05) is 0 Å². The predicted octanol–water partition coefficient (Wildman–Crippen LogP) is 1.69. The van der Waals surface area contributed by atoms with Crippen molar-refractivity contribution in [2.75, 3.05) is 20.3 Å². The summed E-state index contributed by atoms with van der Waals surface area (Å²) in [4.78, 5) is 11.6. The maximum atomic E-state index is 12.7. The summed E-state index contributed by atoms with van der Waals surface area (Å²) in [5.74, 6) is -0.142. The van der Waals surface area contributed by atoms with Crippen molar-refractivity contribution in [1.29, 1.82) is 0 Å². The van der Waals surface area contributed by atoms with Crippen LogP contribution in [-0.2, 0) is 14.8 Å². The van der Waals surface area contributed by atoms with E-state index >= 15 is 0 Å². The largest absolute Gasteiger partial charge is 0.383 e. The van der Waals surface area contributed by atoms with Gasteiger partial charge in [-0.3, -0.25) is 4.79 Å². The molecular weight excluding hydrogens is 278 g/mol. The Hall–Kier alpha value is -1.24. The number of sulfonamides is 1. The summed E-state index contributed by atoms with van der Waals surface area (Å²) in [6, 6.07) is 6.27. The number of carbonyl (C=O) groups excluding carboxylic acids is 1. The summed E-state index contributed by atoms with van der Waals surface area (Å²) in [6.45, 7) is 2.13. The molecular formula is C14H19NO4S. The fraction of sp³-hybridized carbons (Fsp3) is 0.500. The highest BCUT2D eigenvalue weighted by atomic mass is 32.2. The molecule has 110 valence electrons. The SMILES string of the molecule is COCCN(C1CC1)S(=O)(=O)c1cccc(C(C)=O)c1. The minimum Gasteiger partial charge on any atom is -0.383 e. The highest BCUT2D eigenvalue weighted by molar-refractivity contribution is 7.89. The van der Waals surface area contributed by atoms with Crippen LogP contribution in [-0.4, -0.2) is 44.8 Å². The van der Waals surface area contributed by atoms with Crippen LogP contribution in [0.4, 0.5) is 0 Å². The van der Waals surface area contributed by atoms with Gasteiger partial charge in [0.05, 0.1) is 11.5 Å². The summed E-state index contributed by atoms with van der Waals surface area (Å²) in [5, 5.41) is 0. The van der Waals surface area contributed by atoms with Crippen molar-refractivity contribution in [3.8, 4) is 0 Å². The van der Waals surface area contributed by atoms with Gasteiger partial charge in [0.2, 0.25) is 10.0 Å². The fourth-order valence-electron chi connectivity index (χ4n) is 2.05. The summed E-state index contributed by atoms with van der Waals surface area (Å²) < 4.78 is 31.8. The molecule has 0 atom stereocenters. The van der Waals surface area contributed by atoms with Crippen LogP contribution in [0.1, 0.15) is 30.1 Å². The number of methoxy groups -OCH3 is 1. The van der Waals surface area contributed by atoms with E-state index in [9.17, 15) is 13.2 Å². The van der Waals surface area contributed by atoms with Gasteiger partial charge in [0.25, 0.3) is 0 Å². The molecule has 0 bridgehead atoms. The lowest BCUT2D eigenvalue weighted by molar-refractivity contribution is 0.101. The summed E-state index contributed by atoms with van der Waals surface area (Å²) in [5.41, 5.74) is 0.411. The maximum Gasteiger partial charge on any atom is 0.243 e. The molecule has 0 radical (unpaired) electrons. The lowest BCUT2D eigenvalue weighted by atomic mass is 10.2. The van der Waals surface area contributed by atoms with E-state index in [0.717, 1.165) is 12.8 Å². The van der Waals surface area contributed by atoms with Crippen LogP contribution < -0.4 is 0 Å². The molecule has 5 nitrogen and oxygen atoms in total. The molecule has 0 aliphatic heterocycles. The molecule has 1 fully saturated rings. The monoisotopic (exact) mass is 297 g/mol. The van der Waals surface area contributed by atoms with Gasteiger partial charge < -0.3 is 4.74 Å². The Morgan fingerprint density at radius 1 is 1.40 bits per heavy atom.